The van der Waals surface area contributed by atoms with E-state index in [4.69, 9.17) is 14.2 Å². The van der Waals surface area contributed by atoms with Crippen LogP contribution in [-0.4, -0.2) is 47.6 Å². The Hall–Kier alpha value is -4.18. The number of ketones is 1. The number of benzene rings is 2. The molecule has 222 valence electrons. The zero-order valence-electron chi connectivity index (χ0n) is 24.5. The first-order valence-corrected chi connectivity index (χ1v) is 14.9. The van der Waals surface area contributed by atoms with Gasteiger partial charge in [0.25, 0.3) is 5.78 Å². The first-order chi connectivity index (χ1) is 20.2. The first-order valence-electron chi connectivity index (χ1n) is 14.1. The average molecular weight is 593 g/mol. The van der Waals surface area contributed by atoms with E-state index >= 15 is 0 Å². The maximum atomic E-state index is 13.6. The third kappa shape index (κ3) is 6.65. The molecule has 4 rings (SSSR count). The molecule has 1 atom stereocenters. The third-order valence-corrected chi connectivity index (χ3v) is 7.77. The Morgan fingerprint density at radius 2 is 1.76 bits per heavy atom. The summed E-state index contributed by atoms with van der Waals surface area (Å²) >= 11 is 0.965. The van der Waals surface area contributed by atoms with Crippen LogP contribution < -0.4 is 14.4 Å². The summed E-state index contributed by atoms with van der Waals surface area (Å²) in [5, 5.41) is 11.6. The summed E-state index contributed by atoms with van der Waals surface area (Å²) in [5.74, 6) is -0.952. The molecule has 0 aliphatic carbocycles. The predicted molar refractivity (Wildman–Crippen MR) is 161 cm³/mol. The quantitative estimate of drug-likeness (QED) is 0.110. The van der Waals surface area contributed by atoms with Crippen molar-refractivity contribution < 1.29 is 33.7 Å². The lowest BCUT2D eigenvalue weighted by molar-refractivity contribution is -0.132. The van der Waals surface area contributed by atoms with E-state index in [1.54, 1.807) is 62.4 Å². The number of hydrogen-bond donors (Lipinski definition) is 1. The lowest BCUT2D eigenvalue weighted by Gasteiger charge is -2.23. The molecule has 2 heterocycles. The van der Waals surface area contributed by atoms with Gasteiger partial charge in [0.05, 0.1) is 37.1 Å². The van der Waals surface area contributed by atoms with Crippen LogP contribution in [0.3, 0.4) is 0 Å². The summed E-state index contributed by atoms with van der Waals surface area (Å²) in [6.45, 7) is 10.8. The van der Waals surface area contributed by atoms with Crippen LogP contribution in [0.15, 0.2) is 54.1 Å². The van der Waals surface area contributed by atoms with E-state index in [-0.39, 0.29) is 27.9 Å². The second-order valence-corrected chi connectivity index (χ2v) is 11.3. The van der Waals surface area contributed by atoms with Crippen molar-refractivity contribution in [3.05, 3.63) is 75.8 Å². The molecule has 1 saturated heterocycles. The van der Waals surface area contributed by atoms with Crippen LogP contribution in [0.5, 0.6) is 11.5 Å². The van der Waals surface area contributed by atoms with Gasteiger partial charge in [0.1, 0.15) is 22.1 Å². The maximum Gasteiger partial charge on any atom is 0.350 e. The first kappa shape index (κ1) is 30.8. The summed E-state index contributed by atoms with van der Waals surface area (Å²) in [7, 11) is 0. The van der Waals surface area contributed by atoms with E-state index in [1.807, 2.05) is 6.92 Å². The van der Waals surface area contributed by atoms with Gasteiger partial charge in [0.15, 0.2) is 5.13 Å². The smallest absolute Gasteiger partial charge is 0.350 e. The van der Waals surface area contributed by atoms with Crippen molar-refractivity contribution in [2.75, 3.05) is 24.7 Å². The highest BCUT2D eigenvalue weighted by Crippen LogP contribution is 2.44. The minimum Gasteiger partial charge on any atom is -0.507 e. The van der Waals surface area contributed by atoms with Gasteiger partial charge in [-0.05, 0) is 74.6 Å². The average Bonchev–Trinajstić information content (AvgIpc) is 3.48. The van der Waals surface area contributed by atoms with E-state index in [0.717, 1.165) is 24.2 Å². The lowest BCUT2D eigenvalue weighted by Crippen LogP contribution is -2.29. The predicted octanol–water partition coefficient (Wildman–Crippen LogP) is 6.47. The molecule has 0 bridgehead atoms. The Morgan fingerprint density at radius 3 is 2.43 bits per heavy atom. The number of aryl methyl sites for hydroxylation is 1. The molecule has 2 aromatic carbocycles. The fourth-order valence-corrected chi connectivity index (χ4v) is 5.48. The standard InChI is InChI=1S/C32H36N2O7S/c1-6-16-40-23-13-11-21(12-14-23)27(35)25-26(22-9-8-10-24(18-22)41-17-15-19(3)4)34(30(37)28(25)36)32-33-20(5)29(42-32)31(38)39-7-2/h8-14,18-19,26,35H,6-7,15-17H2,1-5H3/b27-25+. The van der Waals surface area contributed by atoms with Crippen LogP contribution in [0, 0.1) is 12.8 Å². The van der Waals surface area contributed by atoms with Gasteiger partial charge in [0.2, 0.25) is 0 Å². The van der Waals surface area contributed by atoms with Crippen molar-refractivity contribution in [1.82, 2.24) is 4.98 Å². The molecule has 42 heavy (non-hydrogen) atoms. The molecule has 3 aromatic rings. The summed E-state index contributed by atoms with van der Waals surface area (Å²) in [6.07, 6.45) is 1.70. The summed E-state index contributed by atoms with van der Waals surface area (Å²) < 4.78 is 16.8. The van der Waals surface area contributed by atoms with E-state index in [0.29, 0.717) is 47.5 Å². The van der Waals surface area contributed by atoms with Gasteiger partial charge in [-0.15, -0.1) is 0 Å². The number of rotatable bonds is 12. The molecular weight excluding hydrogens is 556 g/mol. The molecule has 0 saturated carbocycles. The van der Waals surface area contributed by atoms with Crippen molar-refractivity contribution in [2.24, 2.45) is 5.92 Å². The van der Waals surface area contributed by atoms with Crippen molar-refractivity contribution in [2.45, 2.75) is 53.5 Å². The number of aromatic nitrogens is 1. The SMILES string of the molecule is CCCOc1ccc(/C(O)=C2\C(=O)C(=O)N(c3nc(C)c(C(=O)OCC)s3)C2c2cccc(OCCC(C)C)c2)cc1. The molecule has 10 heteroatoms. The molecule has 1 unspecified atom stereocenters. The minimum absolute atomic E-state index is 0.0907. The third-order valence-electron chi connectivity index (χ3n) is 6.64. The molecule has 0 radical (unpaired) electrons. The Morgan fingerprint density at radius 1 is 1.05 bits per heavy atom. The van der Waals surface area contributed by atoms with Crippen molar-refractivity contribution in [3.63, 3.8) is 0 Å². The van der Waals surface area contributed by atoms with Gasteiger partial charge < -0.3 is 19.3 Å². The van der Waals surface area contributed by atoms with Gasteiger partial charge in [0, 0.05) is 5.56 Å². The molecule has 1 aliphatic rings. The van der Waals surface area contributed by atoms with Crippen molar-refractivity contribution >= 4 is 39.9 Å². The van der Waals surface area contributed by atoms with E-state index < -0.39 is 23.7 Å². The number of anilines is 1. The van der Waals surface area contributed by atoms with Gasteiger partial charge in [-0.3, -0.25) is 14.5 Å². The molecule has 1 aromatic heterocycles. The van der Waals surface area contributed by atoms with Crippen LogP contribution >= 0.6 is 11.3 Å². The maximum absolute atomic E-state index is 13.6. The lowest BCUT2D eigenvalue weighted by atomic mass is 9.95. The van der Waals surface area contributed by atoms with Crippen LogP contribution in [0.4, 0.5) is 5.13 Å². The second-order valence-electron chi connectivity index (χ2n) is 10.3. The second kappa shape index (κ2) is 13.7. The number of carbonyl (C=O) groups excluding carboxylic acids is 3. The van der Waals surface area contributed by atoms with E-state index in [9.17, 15) is 19.5 Å². The van der Waals surface area contributed by atoms with Crippen molar-refractivity contribution in [3.8, 4) is 11.5 Å². The number of amides is 1. The summed E-state index contributed by atoms with van der Waals surface area (Å²) in [5.41, 5.74) is 1.19. The number of aliphatic hydroxyl groups excluding tert-OH is 1. The Kier molecular flexibility index (Phi) is 10.0. The Bertz CT molecular complexity index is 1480. The topological polar surface area (TPSA) is 115 Å². The number of esters is 1. The number of nitrogens with zero attached hydrogens (tertiary/aromatic N) is 2. The minimum atomic E-state index is -1.02. The van der Waals surface area contributed by atoms with Gasteiger partial charge in [-0.25, -0.2) is 9.78 Å². The van der Waals surface area contributed by atoms with Gasteiger partial charge >= 0.3 is 11.9 Å². The highest BCUT2D eigenvalue weighted by molar-refractivity contribution is 7.17. The normalized spacial score (nSPS) is 16.2. The highest BCUT2D eigenvalue weighted by Gasteiger charge is 2.48. The Balaban J connectivity index is 1.82. The molecule has 9 nitrogen and oxygen atoms in total. The van der Waals surface area contributed by atoms with Gasteiger partial charge in [-0.2, -0.15) is 0 Å². The summed E-state index contributed by atoms with van der Waals surface area (Å²) in [6, 6.07) is 12.8. The largest absolute Gasteiger partial charge is 0.507 e. The molecular formula is C32H36N2O7S. The molecule has 0 spiro atoms. The monoisotopic (exact) mass is 592 g/mol. The van der Waals surface area contributed by atoms with E-state index in [2.05, 4.69) is 18.8 Å². The zero-order chi connectivity index (χ0) is 30.4. The number of aliphatic hydroxyl groups is 1. The number of Topliss-reactive ketones (excluding diaryl/α,β-unsaturated/α-hetero) is 1. The summed E-state index contributed by atoms with van der Waals surface area (Å²) in [4.78, 5) is 45.6. The fraction of sp³-hybridized carbons (Fsp3) is 0.375. The van der Waals surface area contributed by atoms with E-state index in [1.165, 1.54) is 4.90 Å². The van der Waals surface area contributed by atoms with Crippen molar-refractivity contribution in [1.29, 1.82) is 0 Å². The van der Waals surface area contributed by atoms with Crippen LogP contribution in [-0.2, 0) is 14.3 Å². The highest BCUT2D eigenvalue weighted by atomic mass is 32.1. The molecule has 1 fully saturated rings. The van der Waals surface area contributed by atoms with Gasteiger partial charge in [-0.1, -0.05) is 44.2 Å². The number of hydrogen-bond acceptors (Lipinski definition) is 9. The number of thiazole rings is 1. The fourth-order valence-electron chi connectivity index (χ4n) is 4.49. The molecule has 1 aliphatic heterocycles. The number of ether oxygens (including phenoxy) is 3. The Labute approximate surface area is 249 Å². The van der Waals surface area contributed by atoms with Crippen LogP contribution in [0.2, 0.25) is 0 Å². The number of carbonyl (C=O) groups is 3. The van der Waals surface area contributed by atoms with Crippen LogP contribution in [0.1, 0.15) is 73.1 Å². The van der Waals surface area contributed by atoms with Crippen LogP contribution in [0.25, 0.3) is 5.76 Å². The molecule has 1 N–H and O–H groups in total. The zero-order valence-corrected chi connectivity index (χ0v) is 25.3. The molecule has 1 amide bonds.